The van der Waals surface area contributed by atoms with E-state index >= 15 is 0 Å². The molecule has 0 bridgehead atoms. The van der Waals surface area contributed by atoms with Gasteiger partial charge in [-0.3, -0.25) is 9.69 Å². The number of carbonyl (C=O) groups excluding carboxylic acids is 1. The minimum Gasteiger partial charge on any atom is -0.376 e. The number of benzene rings is 2. The Morgan fingerprint density at radius 1 is 1.05 bits per heavy atom. The molecule has 5 rings (SSSR count). The highest BCUT2D eigenvalue weighted by atomic mass is 32.2. The van der Waals surface area contributed by atoms with Gasteiger partial charge in [0, 0.05) is 31.7 Å². The van der Waals surface area contributed by atoms with Crippen molar-refractivity contribution in [3.8, 4) is 0 Å². The maximum absolute atomic E-state index is 14.3. The number of amides is 1. The highest BCUT2D eigenvalue weighted by Gasteiger charge is 2.37. The van der Waals surface area contributed by atoms with Crippen molar-refractivity contribution in [2.24, 2.45) is 5.92 Å². The summed E-state index contributed by atoms with van der Waals surface area (Å²) in [5.74, 6) is -4.42. The van der Waals surface area contributed by atoms with Crippen LogP contribution in [0.5, 0.6) is 0 Å². The van der Waals surface area contributed by atoms with Crippen molar-refractivity contribution >= 4 is 42.6 Å². The van der Waals surface area contributed by atoms with E-state index in [9.17, 15) is 30.8 Å². The Morgan fingerprint density at radius 2 is 1.81 bits per heavy atom. The van der Waals surface area contributed by atoms with E-state index in [0.717, 1.165) is 52.7 Å². The second-order valence-electron chi connectivity index (χ2n) is 9.07. The molecule has 2 aliphatic rings. The maximum atomic E-state index is 14.3. The number of sulfonamides is 1. The van der Waals surface area contributed by atoms with Gasteiger partial charge in [-0.05, 0) is 49.9 Å². The molecule has 7 nitrogen and oxygen atoms in total. The predicted octanol–water partition coefficient (Wildman–Crippen LogP) is 4.47. The molecule has 0 aliphatic carbocycles. The number of hydrogen-bond acceptors (Lipinski definition) is 6. The summed E-state index contributed by atoms with van der Waals surface area (Å²) >= 11 is 0.989. The molecule has 0 spiro atoms. The van der Waals surface area contributed by atoms with Crippen LogP contribution >= 0.6 is 11.3 Å². The van der Waals surface area contributed by atoms with Crippen LogP contribution in [-0.4, -0.2) is 56.0 Å². The SMILES string of the molecule is O=C(C1CCN(S(=O)(=O)c2cc(F)ccc2F)CC1)N(CC1CCCO1)c1nc2c(F)cc(F)cc2s1. The first kappa shape index (κ1) is 26.0. The average molecular weight is 558 g/mol. The third-order valence-electron chi connectivity index (χ3n) is 6.62. The Balaban J connectivity index is 1.36. The van der Waals surface area contributed by atoms with Crippen molar-refractivity contribution in [2.45, 2.75) is 36.7 Å². The van der Waals surface area contributed by atoms with E-state index in [0.29, 0.717) is 12.7 Å². The number of halogens is 4. The topological polar surface area (TPSA) is 79.8 Å². The molecule has 3 aromatic rings. The molecule has 198 valence electrons. The summed E-state index contributed by atoms with van der Waals surface area (Å²) in [7, 11) is -4.30. The molecule has 13 heteroatoms. The number of anilines is 1. The van der Waals surface area contributed by atoms with Gasteiger partial charge in [-0.1, -0.05) is 11.3 Å². The van der Waals surface area contributed by atoms with Crippen molar-refractivity contribution in [3.05, 3.63) is 53.6 Å². The Bertz CT molecular complexity index is 1440. The van der Waals surface area contributed by atoms with E-state index in [1.807, 2.05) is 0 Å². The van der Waals surface area contributed by atoms with Crippen molar-refractivity contribution in [1.82, 2.24) is 9.29 Å². The zero-order valence-corrected chi connectivity index (χ0v) is 21.1. The fourth-order valence-corrected chi connectivity index (χ4v) is 7.26. The van der Waals surface area contributed by atoms with Crippen LogP contribution in [-0.2, 0) is 19.6 Å². The molecule has 0 N–H and O–H groups in total. The third kappa shape index (κ3) is 5.22. The van der Waals surface area contributed by atoms with Gasteiger partial charge in [0.15, 0.2) is 10.9 Å². The van der Waals surface area contributed by atoms with Crippen molar-refractivity contribution in [3.63, 3.8) is 0 Å². The van der Waals surface area contributed by atoms with Crippen LogP contribution in [0.15, 0.2) is 35.2 Å². The molecule has 2 aliphatic heterocycles. The highest BCUT2D eigenvalue weighted by Crippen LogP contribution is 2.34. The average Bonchev–Trinajstić information content (AvgIpc) is 3.53. The molecule has 2 saturated heterocycles. The summed E-state index contributed by atoms with van der Waals surface area (Å²) in [6.07, 6.45) is 1.61. The zero-order chi connectivity index (χ0) is 26.3. The number of thiazole rings is 1. The minimum absolute atomic E-state index is 0.0374. The molecule has 2 aromatic carbocycles. The Kier molecular flexibility index (Phi) is 7.22. The van der Waals surface area contributed by atoms with Crippen molar-refractivity contribution in [1.29, 1.82) is 0 Å². The van der Waals surface area contributed by atoms with E-state index in [1.165, 1.54) is 4.90 Å². The van der Waals surface area contributed by atoms with Crippen LogP contribution in [0.4, 0.5) is 22.7 Å². The summed E-state index contributed by atoms with van der Waals surface area (Å²) in [4.78, 5) is 18.6. The lowest BCUT2D eigenvalue weighted by molar-refractivity contribution is -0.123. The van der Waals surface area contributed by atoms with Gasteiger partial charge >= 0.3 is 0 Å². The molecule has 37 heavy (non-hydrogen) atoms. The van der Waals surface area contributed by atoms with Gasteiger partial charge in [-0.15, -0.1) is 0 Å². The van der Waals surface area contributed by atoms with E-state index in [-0.39, 0.29) is 59.8 Å². The van der Waals surface area contributed by atoms with Crippen LogP contribution < -0.4 is 4.90 Å². The zero-order valence-electron chi connectivity index (χ0n) is 19.5. The Hall–Kier alpha value is -2.61. The number of rotatable bonds is 6. The van der Waals surface area contributed by atoms with Crippen LogP contribution in [0.1, 0.15) is 25.7 Å². The first-order valence-corrected chi connectivity index (χ1v) is 14.0. The summed E-state index contributed by atoms with van der Waals surface area (Å²) in [6.45, 7) is 0.597. The number of piperidine rings is 1. The summed E-state index contributed by atoms with van der Waals surface area (Å²) < 4.78 is 88.6. The molecule has 3 heterocycles. The fourth-order valence-electron chi connectivity index (χ4n) is 4.69. The second kappa shape index (κ2) is 10.3. The highest BCUT2D eigenvalue weighted by molar-refractivity contribution is 7.89. The monoisotopic (exact) mass is 557 g/mol. The third-order valence-corrected chi connectivity index (χ3v) is 9.56. The quantitative estimate of drug-likeness (QED) is 0.418. The Labute approximate surface area is 214 Å². The van der Waals surface area contributed by atoms with Gasteiger partial charge in [0.2, 0.25) is 15.9 Å². The lowest BCUT2D eigenvalue weighted by Gasteiger charge is -2.33. The number of aromatic nitrogens is 1. The molecule has 1 amide bonds. The largest absolute Gasteiger partial charge is 0.376 e. The fraction of sp³-hybridized carbons (Fsp3) is 0.417. The summed E-state index contributed by atoms with van der Waals surface area (Å²) in [6, 6.07) is 4.12. The van der Waals surface area contributed by atoms with Crippen LogP contribution in [0.2, 0.25) is 0 Å². The van der Waals surface area contributed by atoms with Gasteiger partial charge in [0.1, 0.15) is 27.9 Å². The molecular weight excluding hydrogens is 534 g/mol. The number of hydrogen-bond donors (Lipinski definition) is 0. The van der Waals surface area contributed by atoms with E-state index in [2.05, 4.69) is 4.98 Å². The lowest BCUT2D eigenvalue weighted by Crippen LogP contribution is -2.46. The molecule has 0 radical (unpaired) electrons. The predicted molar refractivity (Wildman–Crippen MR) is 129 cm³/mol. The van der Waals surface area contributed by atoms with Crippen LogP contribution in [0.25, 0.3) is 10.2 Å². The van der Waals surface area contributed by atoms with Crippen LogP contribution in [0.3, 0.4) is 0 Å². The van der Waals surface area contributed by atoms with Gasteiger partial charge in [0.25, 0.3) is 0 Å². The van der Waals surface area contributed by atoms with Crippen molar-refractivity contribution < 1.29 is 35.5 Å². The lowest BCUT2D eigenvalue weighted by atomic mass is 9.96. The molecule has 1 atom stereocenters. The molecule has 1 aromatic heterocycles. The first-order chi connectivity index (χ1) is 17.6. The van der Waals surface area contributed by atoms with Gasteiger partial charge in [0.05, 0.1) is 17.3 Å². The van der Waals surface area contributed by atoms with E-state index in [4.69, 9.17) is 4.74 Å². The minimum atomic E-state index is -4.30. The molecule has 1 unspecified atom stereocenters. The van der Waals surface area contributed by atoms with E-state index in [1.54, 1.807) is 0 Å². The number of fused-ring (bicyclic) bond motifs is 1. The second-order valence-corrected chi connectivity index (χ2v) is 12.0. The Morgan fingerprint density at radius 3 is 2.51 bits per heavy atom. The summed E-state index contributed by atoms with van der Waals surface area (Å²) in [5, 5.41) is 0.205. The normalized spacial score (nSPS) is 19.5. The standard InChI is InChI=1S/C24H23F4N3O4S2/c25-15-3-4-18(27)21(12-15)37(33,34)30-7-5-14(6-8-30)23(32)31(13-17-2-1-9-35-17)24-29-22-19(28)10-16(26)11-20(22)36-24/h3-4,10-12,14,17H,1-2,5-9,13H2. The maximum Gasteiger partial charge on any atom is 0.246 e. The van der Waals surface area contributed by atoms with Gasteiger partial charge in [-0.25, -0.2) is 31.0 Å². The number of ether oxygens (including phenoxy) is 1. The molecule has 0 saturated carbocycles. The van der Waals surface area contributed by atoms with Crippen molar-refractivity contribution in [2.75, 3.05) is 31.1 Å². The van der Waals surface area contributed by atoms with Crippen LogP contribution in [0, 0.1) is 29.2 Å². The molecular formula is C24H23F4N3O4S2. The summed E-state index contributed by atoms with van der Waals surface area (Å²) in [5.41, 5.74) is -0.0374. The van der Waals surface area contributed by atoms with E-state index < -0.39 is 44.1 Å². The number of nitrogens with zero attached hydrogens (tertiary/aromatic N) is 3. The van der Waals surface area contributed by atoms with Gasteiger partial charge in [-0.2, -0.15) is 4.31 Å². The first-order valence-electron chi connectivity index (χ1n) is 11.8. The van der Waals surface area contributed by atoms with Gasteiger partial charge < -0.3 is 4.74 Å². The smallest absolute Gasteiger partial charge is 0.246 e. The molecule has 2 fully saturated rings. The number of carbonyl (C=O) groups is 1.